The summed E-state index contributed by atoms with van der Waals surface area (Å²) in [6.45, 7) is 3.63. The summed E-state index contributed by atoms with van der Waals surface area (Å²) in [6, 6.07) is 12.4. The van der Waals surface area contributed by atoms with Gasteiger partial charge in [-0.1, -0.05) is 6.07 Å². The number of hydrazone groups is 1. The van der Waals surface area contributed by atoms with Gasteiger partial charge in [0.2, 0.25) is 0 Å². The lowest BCUT2D eigenvalue weighted by Crippen LogP contribution is -2.45. The van der Waals surface area contributed by atoms with E-state index in [1.165, 1.54) is 9.91 Å². The van der Waals surface area contributed by atoms with Crippen LogP contribution in [0.2, 0.25) is 0 Å². The number of carbonyl (C=O) groups excluding carboxylic acids is 2. The van der Waals surface area contributed by atoms with Gasteiger partial charge in [-0.25, -0.2) is 9.80 Å². The highest BCUT2D eigenvalue weighted by atomic mass is 16.5. The first-order chi connectivity index (χ1) is 16.3. The molecule has 1 aliphatic heterocycles. The topological polar surface area (TPSA) is 92.7 Å². The van der Waals surface area contributed by atoms with E-state index < -0.39 is 0 Å². The summed E-state index contributed by atoms with van der Waals surface area (Å²) in [7, 11) is 6.35. The van der Waals surface area contributed by atoms with Gasteiger partial charge in [-0.2, -0.15) is 5.10 Å². The number of benzene rings is 2. The van der Waals surface area contributed by atoms with Crippen molar-refractivity contribution in [3.8, 4) is 17.2 Å². The summed E-state index contributed by atoms with van der Waals surface area (Å²) < 4.78 is 16.1. The molecule has 182 valence electrons. The fraction of sp³-hybridized carbons (Fsp3) is 0.400. The molecular formula is C25H32N4O5. The molecule has 2 aromatic carbocycles. The van der Waals surface area contributed by atoms with E-state index in [0.29, 0.717) is 17.9 Å². The molecule has 34 heavy (non-hydrogen) atoms. The summed E-state index contributed by atoms with van der Waals surface area (Å²) in [5.74, 6) is 1.62. The van der Waals surface area contributed by atoms with Crippen molar-refractivity contribution in [2.75, 3.05) is 34.9 Å². The van der Waals surface area contributed by atoms with Crippen molar-refractivity contribution in [3.05, 3.63) is 53.6 Å². The minimum atomic E-state index is -0.356. The van der Waals surface area contributed by atoms with Gasteiger partial charge < -0.3 is 24.4 Å². The zero-order chi connectivity index (χ0) is 24.8. The molecule has 9 heteroatoms. The lowest BCUT2D eigenvalue weighted by molar-refractivity contribution is -0.133. The van der Waals surface area contributed by atoms with E-state index in [4.69, 9.17) is 14.2 Å². The Bertz CT molecular complexity index is 1050. The Labute approximate surface area is 200 Å². The zero-order valence-corrected chi connectivity index (χ0v) is 20.5. The number of hydrogen-bond acceptors (Lipinski definition) is 6. The van der Waals surface area contributed by atoms with Crippen LogP contribution < -0.4 is 19.5 Å². The number of nitrogens with zero attached hydrogens (tertiary/aromatic N) is 3. The molecule has 1 N–H and O–H groups in total. The maximum Gasteiger partial charge on any atom is 0.317 e. The molecule has 0 fully saturated rings. The molecular weight excluding hydrogens is 436 g/mol. The number of carbonyl (C=O) groups is 2. The molecule has 1 atom stereocenters. The summed E-state index contributed by atoms with van der Waals surface area (Å²) >= 11 is 0. The lowest BCUT2D eigenvalue weighted by Gasteiger charge is -2.26. The van der Waals surface area contributed by atoms with Gasteiger partial charge in [0, 0.05) is 19.5 Å². The minimum Gasteiger partial charge on any atom is -0.497 e. The van der Waals surface area contributed by atoms with Crippen LogP contribution in [-0.4, -0.2) is 68.5 Å². The standard InChI is InChI=1S/C25H32N4O5/c1-16(2)26-25(31)28(3)15-24(30)29-21(18-9-12-22(33-5)23(13-18)34-6)14-20(27-29)17-7-10-19(32-4)11-8-17/h7-13,16,21H,14-15H2,1-6H3,(H,26,31)/t21-/m1/s1. The average molecular weight is 469 g/mol. The number of nitrogens with one attached hydrogen (secondary N) is 1. The number of likely N-dealkylation sites (N-methyl/N-ethyl adjacent to an activating group) is 1. The number of ether oxygens (including phenoxy) is 3. The smallest absolute Gasteiger partial charge is 0.317 e. The van der Waals surface area contributed by atoms with E-state index >= 15 is 0 Å². The maximum absolute atomic E-state index is 13.3. The molecule has 0 spiro atoms. The normalized spacial score (nSPS) is 15.1. The van der Waals surface area contributed by atoms with Gasteiger partial charge in [0.25, 0.3) is 5.91 Å². The number of rotatable bonds is 8. The molecule has 0 aromatic heterocycles. The van der Waals surface area contributed by atoms with E-state index in [1.807, 2.05) is 56.3 Å². The van der Waals surface area contributed by atoms with Crippen LogP contribution in [-0.2, 0) is 4.79 Å². The van der Waals surface area contributed by atoms with E-state index in [1.54, 1.807) is 28.4 Å². The Morgan fingerprint density at radius 1 is 1.06 bits per heavy atom. The summed E-state index contributed by atoms with van der Waals surface area (Å²) in [4.78, 5) is 27.0. The molecule has 9 nitrogen and oxygen atoms in total. The van der Waals surface area contributed by atoms with Crippen LogP contribution >= 0.6 is 0 Å². The van der Waals surface area contributed by atoms with Crippen LogP contribution in [0, 0.1) is 0 Å². The van der Waals surface area contributed by atoms with Gasteiger partial charge in [0.1, 0.15) is 12.3 Å². The molecule has 3 rings (SSSR count). The monoisotopic (exact) mass is 468 g/mol. The highest BCUT2D eigenvalue weighted by Crippen LogP contribution is 2.37. The Morgan fingerprint density at radius 3 is 2.32 bits per heavy atom. The Balaban J connectivity index is 1.91. The van der Waals surface area contributed by atoms with E-state index in [2.05, 4.69) is 10.4 Å². The Hall–Kier alpha value is -3.75. The first-order valence-electron chi connectivity index (χ1n) is 11.0. The second-order valence-electron chi connectivity index (χ2n) is 8.31. The quantitative estimate of drug-likeness (QED) is 0.641. The van der Waals surface area contributed by atoms with Gasteiger partial charge >= 0.3 is 6.03 Å². The number of hydrogen-bond donors (Lipinski definition) is 1. The van der Waals surface area contributed by atoms with Crippen LogP contribution in [0.15, 0.2) is 47.6 Å². The highest BCUT2D eigenvalue weighted by molar-refractivity contribution is 6.03. The van der Waals surface area contributed by atoms with E-state index in [-0.39, 0.29) is 30.6 Å². The largest absolute Gasteiger partial charge is 0.497 e. The van der Waals surface area contributed by atoms with Crippen molar-refractivity contribution in [2.45, 2.75) is 32.4 Å². The predicted octanol–water partition coefficient (Wildman–Crippen LogP) is 3.44. The van der Waals surface area contributed by atoms with Gasteiger partial charge in [-0.05, 0) is 61.4 Å². The molecule has 3 amide bonds. The van der Waals surface area contributed by atoms with Crippen molar-refractivity contribution in [3.63, 3.8) is 0 Å². The first-order valence-corrected chi connectivity index (χ1v) is 11.0. The van der Waals surface area contributed by atoms with Gasteiger partial charge in [0.15, 0.2) is 11.5 Å². The summed E-state index contributed by atoms with van der Waals surface area (Å²) in [5, 5.41) is 8.92. The van der Waals surface area contributed by atoms with Gasteiger partial charge in [0.05, 0.1) is 33.1 Å². The van der Waals surface area contributed by atoms with Gasteiger partial charge in [-0.3, -0.25) is 4.79 Å². The first kappa shape index (κ1) is 24.9. The molecule has 0 bridgehead atoms. The molecule has 1 aliphatic rings. The third-order valence-electron chi connectivity index (χ3n) is 5.51. The van der Waals surface area contributed by atoms with Crippen molar-refractivity contribution in [1.29, 1.82) is 0 Å². The second kappa shape index (κ2) is 10.9. The maximum atomic E-state index is 13.3. The minimum absolute atomic E-state index is 0.0314. The molecule has 0 saturated carbocycles. The molecule has 0 unspecified atom stereocenters. The summed E-state index contributed by atoms with van der Waals surface area (Å²) in [5.41, 5.74) is 2.52. The summed E-state index contributed by atoms with van der Waals surface area (Å²) in [6.07, 6.45) is 0.509. The number of amides is 3. The molecule has 0 aliphatic carbocycles. The van der Waals surface area contributed by atoms with Crippen LogP contribution in [0.5, 0.6) is 17.2 Å². The SMILES string of the molecule is COc1ccc(C2=NN(C(=O)CN(C)C(=O)NC(C)C)[C@@H](c3ccc(OC)c(OC)c3)C2)cc1. The third kappa shape index (κ3) is 5.59. The van der Waals surface area contributed by atoms with Crippen LogP contribution in [0.25, 0.3) is 0 Å². The third-order valence-corrected chi connectivity index (χ3v) is 5.51. The van der Waals surface area contributed by atoms with Crippen LogP contribution in [0.1, 0.15) is 37.4 Å². The second-order valence-corrected chi connectivity index (χ2v) is 8.31. The van der Waals surface area contributed by atoms with Crippen molar-refractivity contribution in [1.82, 2.24) is 15.2 Å². The Morgan fingerprint density at radius 2 is 1.74 bits per heavy atom. The number of urea groups is 1. The van der Waals surface area contributed by atoms with Crippen molar-refractivity contribution >= 4 is 17.6 Å². The van der Waals surface area contributed by atoms with E-state index in [0.717, 1.165) is 22.6 Å². The average Bonchev–Trinajstić information content (AvgIpc) is 3.28. The van der Waals surface area contributed by atoms with Crippen LogP contribution in [0.4, 0.5) is 4.79 Å². The predicted molar refractivity (Wildman–Crippen MR) is 130 cm³/mol. The molecule has 2 aromatic rings. The van der Waals surface area contributed by atoms with Crippen molar-refractivity contribution in [2.24, 2.45) is 5.10 Å². The fourth-order valence-electron chi connectivity index (χ4n) is 3.72. The fourth-order valence-corrected chi connectivity index (χ4v) is 3.72. The zero-order valence-electron chi connectivity index (χ0n) is 20.5. The lowest BCUT2D eigenvalue weighted by atomic mass is 9.98. The van der Waals surface area contributed by atoms with Crippen LogP contribution in [0.3, 0.4) is 0 Å². The van der Waals surface area contributed by atoms with E-state index in [9.17, 15) is 9.59 Å². The number of methoxy groups -OCH3 is 3. The van der Waals surface area contributed by atoms with Crippen molar-refractivity contribution < 1.29 is 23.8 Å². The Kier molecular flexibility index (Phi) is 7.99. The molecule has 0 saturated heterocycles. The van der Waals surface area contributed by atoms with Gasteiger partial charge in [-0.15, -0.1) is 0 Å². The highest BCUT2D eigenvalue weighted by Gasteiger charge is 2.34. The molecule has 0 radical (unpaired) electrons. The molecule has 1 heterocycles.